The molecule has 0 aliphatic carbocycles. The van der Waals surface area contributed by atoms with Crippen LogP contribution in [0, 0.1) is 11.7 Å². The number of piperidine rings is 1. The number of rotatable bonds is 10. The van der Waals surface area contributed by atoms with Crippen LogP contribution in [0.4, 0.5) is 15.8 Å². The normalized spacial score (nSPS) is 13.9. The lowest BCUT2D eigenvalue weighted by atomic mass is 9.94. The monoisotopic (exact) mass is 632 g/mol. The van der Waals surface area contributed by atoms with Crippen LogP contribution in [-0.4, -0.2) is 81.2 Å². The number of likely N-dealkylation sites (N-methyl/N-ethyl adjacent to an activating group) is 1. The van der Waals surface area contributed by atoms with Crippen LogP contribution in [0.15, 0.2) is 67.1 Å². The molecule has 0 bridgehead atoms. The fourth-order valence-corrected chi connectivity index (χ4v) is 6.12. The topological polar surface area (TPSA) is 140 Å². The van der Waals surface area contributed by atoms with E-state index in [1.54, 1.807) is 18.6 Å². The van der Waals surface area contributed by atoms with E-state index < -0.39 is 0 Å². The number of nitrogens with one attached hydrogen (secondary N) is 5. The molecule has 1 aromatic carbocycles. The van der Waals surface area contributed by atoms with Crippen LogP contribution in [0.1, 0.15) is 19.3 Å². The number of fused-ring (bicyclic) bond motifs is 2. The van der Waals surface area contributed by atoms with E-state index in [2.05, 4.69) is 46.0 Å². The second-order valence-electron chi connectivity index (χ2n) is 12.3. The highest BCUT2D eigenvalue weighted by atomic mass is 19.1. The number of aromatic nitrogens is 6. The Kier molecular flexibility index (Phi) is 8.60. The van der Waals surface area contributed by atoms with E-state index >= 15 is 0 Å². The van der Waals surface area contributed by atoms with E-state index in [1.165, 1.54) is 12.1 Å². The van der Waals surface area contributed by atoms with Crippen LogP contribution in [0.2, 0.25) is 0 Å². The lowest BCUT2D eigenvalue weighted by Gasteiger charge is -2.21. The summed E-state index contributed by atoms with van der Waals surface area (Å²) in [6, 6.07) is 14.5. The number of pyridine rings is 3. The first-order valence-electron chi connectivity index (χ1n) is 15.9. The van der Waals surface area contributed by atoms with Gasteiger partial charge in [-0.25, -0.2) is 9.37 Å². The Labute approximate surface area is 271 Å². The van der Waals surface area contributed by atoms with Crippen molar-refractivity contribution in [1.82, 2.24) is 40.3 Å². The number of carbonyl (C=O) groups is 1. The van der Waals surface area contributed by atoms with Crippen LogP contribution in [-0.2, 0) is 4.79 Å². The molecule has 6 aromatic rings. The van der Waals surface area contributed by atoms with Crippen molar-refractivity contribution in [3.63, 3.8) is 0 Å². The number of benzene rings is 1. The third-order valence-corrected chi connectivity index (χ3v) is 8.52. The third-order valence-electron chi connectivity index (χ3n) is 8.52. The van der Waals surface area contributed by atoms with Gasteiger partial charge in [-0.15, -0.1) is 0 Å². The number of halogens is 1. The molecule has 0 spiro atoms. The maximum absolute atomic E-state index is 14.7. The van der Waals surface area contributed by atoms with Gasteiger partial charge in [0.1, 0.15) is 17.0 Å². The maximum atomic E-state index is 14.7. The van der Waals surface area contributed by atoms with Crippen LogP contribution in [0.25, 0.3) is 55.8 Å². The first-order valence-corrected chi connectivity index (χ1v) is 15.9. The second kappa shape index (κ2) is 13.3. The van der Waals surface area contributed by atoms with Crippen LogP contribution in [0.3, 0.4) is 0 Å². The summed E-state index contributed by atoms with van der Waals surface area (Å²) >= 11 is 0. The molecule has 1 amide bonds. The van der Waals surface area contributed by atoms with Gasteiger partial charge in [0.15, 0.2) is 0 Å². The average molecular weight is 633 g/mol. The average Bonchev–Trinajstić information content (AvgIpc) is 3.69. The Balaban J connectivity index is 1.16. The minimum absolute atomic E-state index is 0.000827. The van der Waals surface area contributed by atoms with Gasteiger partial charge in [0.25, 0.3) is 0 Å². The molecular weight excluding hydrogens is 595 g/mol. The number of nitrogens with zero attached hydrogens (tertiary/aromatic N) is 5. The van der Waals surface area contributed by atoms with E-state index in [-0.39, 0.29) is 11.7 Å². The maximum Gasteiger partial charge on any atom is 0.224 e. The Morgan fingerprint density at radius 2 is 1.83 bits per heavy atom. The van der Waals surface area contributed by atoms with Gasteiger partial charge in [-0.2, -0.15) is 5.10 Å². The summed E-state index contributed by atoms with van der Waals surface area (Å²) in [7, 11) is 4.00. The summed E-state index contributed by atoms with van der Waals surface area (Å²) in [5.74, 6) is 0.0623. The molecule has 0 radical (unpaired) electrons. The molecule has 1 aliphatic rings. The first-order chi connectivity index (χ1) is 22.9. The zero-order valence-electron chi connectivity index (χ0n) is 26.4. The Morgan fingerprint density at radius 3 is 2.68 bits per heavy atom. The number of carbonyl (C=O) groups excluding carboxylic acids is 1. The van der Waals surface area contributed by atoms with Crippen molar-refractivity contribution in [3.05, 3.63) is 72.9 Å². The summed E-state index contributed by atoms with van der Waals surface area (Å²) in [4.78, 5) is 32.2. The van der Waals surface area contributed by atoms with Gasteiger partial charge in [-0.1, -0.05) is 0 Å². The number of aromatic amines is 2. The van der Waals surface area contributed by atoms with Crippen molar-refractivity contribution in [1.29, 1.82) is 0 Å². The molecular formula is C35H37FN10O. The standard InChI is InChI=1S/C35H37FN10O/c1-46(2)12-11-39-25-15-22(14-24(36)17-25)33-27-18-31(42-29(27)7-10-40-33)35-34-30(44-45-35)4-3-28(43-34)23-16-26(20-38-19-23)41-32(47)13-21-5-8-37-9-6-21/h3-4,7,10,14-21,37,39,42H,5-6,8-9,11-13H2,1-2H3,(H,41,47)(H,44,45). The highest BCUT2D eigenvalue weighted by Crippen LogP contribution is 2.34. The molecule has 1 aliphatic heterocycles. The van der Waals surface area contributed by atoms with Crippen LogP contribution < -0.4 is 16.0 Å². The molecule has 12 heteroatoms. The molecule has 5 aromatic heterocycles. The Bertz CT molecular complexity index is 2050. The summed E-state index contributed by atoms with van der Waals surface area (Å²) in [5.41, 5.74) is 7.87. The molecule has 0 unspecified atom stereocenters. The summed E-state index contributed by atoms with van der Waals surface area (Å²) in [6.45, 7) is 3.43. The van der Waals surface area contributed by atoms with E-state index in [9.17, 15) is 9.18 Å². The van der Waals surface area contributed by atoms with Crippen molar-refractivity contribution in [2.45, 2.75) is 19.3 Å². The number of H-pyrrole nitrogens is 2. The molecule has 0 atom stereocenters. The zero-order valence-corrected chi connectivity index (χ0v) is 26.4. The Hall–Kier alpha value is -5.20. The Morgan fingerprint density at radius 1 is 0.979 bits per heavy atom. The number of amides is 1. The summed E-state index contributed by atoms with van der Waals surface area (Å²) in [6.07, 6.45) is 7.63. The quantitative estimate of drug-likeness (QED) is 0.130. The molecule has 47 heavy (non-hydrogen) atoms. The van der Waals surface area contributed by atoms with Gasteiger partial charge in [0.05, 0.1) is 34.5 Å². The SMILES string of the molecule is CN(C)CCNc1cc(F)cc(-c2nccc3[nH]c(-c4n[nH]c5ccc(-c6cncc(NC(=O)CC7CCNCC7)c6)nc45)cc23)c1. The lowest BCUT2D eigenvalue weighted by Crippen LogP contribution is -2.30. The van der Waals surface area contributed by atoms with Gasteiger partial charge in [-0.3, -0.25) is 19.9 Å². The van der Waals surface area contributed by atoms with Gasteiger partial charge in [-0.05, 0) is 94.5 Å². The highest BCUT2D eigenvalue weighted by Gasteiger charge is 2.19. The number of anilines is 2. The summed E-state index contributed by atoms with van der Waals surface area (Å²) in [5, 5.41) is 18.2. The third kappa shape index (κ3) is 6.83. The largest absolute Gasteiger partial charge is 0.384 e. The van der Waals surface area contributed by atoms with E-state index in [4.69, 9.17) is 4.98 Å². The molecule has 1 saturated heterocycles. The predicted octanol–water partition coefficient (Wildman–Crippen LogP) is 5.67. The van der Waals surface area contributed by atoms with Gasteiger partial charge in [0.2, 0.25) is 5.91 Å². The highest BCUT2D eigenvalue weighted by molar-refractivity contribution is 5.99. The van der Waals surface area contributed by atoms with E-state index in [0.717, 1.165) is 60.2 Å². The molecule has 1 fully saturated rings. The van der Waals surface area contributed by atoms with Crippen molar-refractivity contribution >= 4 is 39.2 Å². The van der Waals surface area contributed by atoms with Crippen molar-refractivity contribution in [3.8, 4) is 33.9 Å². The van der Waals surface area contributed by atoms with Crippen LogP contribution in [0.5, 0.6) is 0 Å². The van der Waals surface area contributed by atoms with E-state index in [0.29, 0.717) is 58.4 Å². The molecule has 6 heterocycles. The van der Waals surface area contributed by atoms with Crippen molar-refractivity contribution < 1.29 is 9.18 Å². The molecule has 5 N–H and O–H groups in total. The zero-order chi connectivity index (χ0) is 32.3. The molecule has 11 nitrogen and oxygen atoms in total. The van der Waals surface area contributed by atoms with Gasteiger partial charge < -0.3 is 25.8 Å². The second-order valence-corrected chi connectivity index (χ2v) is 12.3. The van der Waals surface area contributed by atoms with Gasteiger partial charge >= 0.3 is 0 Å². The van der Waals surface area contributed by atoms with Crippen molar-refractivity contribution in [2.75, 3.05) is 50.9 Å². The first kappa shape index (κ1) is 30.5. The van der Waals surface area contributed by atoms with Crippen LogP contribution >= 0.6 is 0 Å². The fourth-order valence-electron chi connectivity index (χ4n) is 6.12. The smallest absolute Gasteiger partial charge is 0.224 e. The van der Waals surface area contributed by atoms with Gasteiger partial charge in [0, 0.05) is 59.6 Å². The fraction of sp³-hybridized carbons (Fsp3) is 0.286. The molecule has 240 valence electrons. The van der Waals surface area contributed by atoms with Crippen molar-refractivity contribution in [2.24, 2.45) is 5.92 Å². The molecule has 0 saturated carbocycles. The summed E-state index contributed by atoms with van der Waals surface area (Å²) < 4.78 is 14.7. The van der Waals surface area contributed by atoms with E-state index in [1.807, 2.05) is 50.5 Å². The number of hydrogen-bond donors (Lipinski definition) is 5. The molecule has 7 rings (SSSR count). The lowest BCUT2D eigenvalue weighted by molar-refractivity contribution is -0.117. The number of hydrogen-bond acceptors (Lipinski definition) is 8. The predicted molar refractivity (Wildman–Crippen MR) is 183 cm³/mol. The minimum Gasteiger partial charge on any atom is -0.384 e. The minimum atomic E-state index is -0.334.